The Labute approximate surface area is 93.7 Å². The Kier molecular flexibility index (Phi) is 4.30. The molecule has 1 heterocycles. The van der Waals surface area contributed by atoms with Crippen molar-refractivity contribution in [3.05, 3.63) is 30.2 Å². The summed E-state index contributed by atoms with van der Waals surface area (Å²) >= 11 is 0. The summed E-state index contributed by atoms with van der Waals surface area (Å²) in [4.78, 5) is 10.9. The molecule has 7 heteroatoms. The van der Waals surface area contributed by atoms with Crippen LogP contribution in [0, 0.1) is 0 Å². The second-order valence-corrected chi connectivity index (χ2v) is 3.02. The summed E-state index contributed by atoms with van der Waals surface area (Å²) in [5.74, 6) is -5.18. The molecule has 1 aromatic rings. The average molecular weight is 252 g/mol. The quantitative estimate of drug-likeness (QED) is 0.459. The van der Waals surface area contributed by atoms with E-state index in [9.17, 15) is 22.4 Å². The molecular weight excluding hydrogens is 244 g/mol. The third kappa shape index (κ3) is 4.29. The fourth-order valence-electron chi connectivity index (χ4n) is 0.815. The van der Waals surface area contributed by atoms with E-state index in [4.69, 9.17) is 4.42 Å². The molecule has 0 aromatic carbocycles. The van der Waals surface area contributed by atoms with Gasteiger partial charge in [-0.1, -0.05) is 0 Å². The Balaban J connectivity index is 2.41. The van der Waals surface area contributed by atoms with Crippen molar-refractivity contribution in [2.45, 2.75) is 12.3 Å². The molecule has 1 rings (SSSR count). The molecule has 0 N–H and O–H groups in total. The number of ether oxygens (including phenoxy) is 1. The van der Waals surface area contributed by atoms with Crippen LogP contribution in [0.15, 0.2) is 28.9 Å². The minimum absolute atomic E-state index is 0.308. The van der Waals surface area contributed by atoms with Gasteiger partial charge in [-0.05, 0) is 18.2 Å². The molecule has 0 aliphatic heterocycles. The van der Waals surface area contributed by atoms with Crippen LogP contribution in [-0.2, 0) is 9.53 Å². The van der Waals surface area contributed by atoms with Crippen LogP contribution in [0.25, 0.3) is 6.08 Å². The lowest BCUT2D eigenvalue weighted by Crippen LogP contribution is -2.33. The first-order chi connectivity index (χ1) is 7.92. The standard InChI is InChI=1S/C10H8F4O3/c11-9(12)10(13,14)6-17-8(15)4-3-7-2-1-5-16-7/h1-5,9H,6H2/b4-3+. The van der Waals surface area contributed by atoms with Crippen molar-refractivity contribution in [3.8, 4) is 0 Å². The number of esters is 1. The van der Waals surface area contributed by atoms with Gasteiger partial charge in [0.2, 0.25) is 0 Å². The first-order valence-corrected chi connectivity index (χ1v) is 4.46. The molecule has 0 amide bonds. The van der Waals surface area contributed by atoms with Gasteiger partial charge in [-0.25, -0.2) is 13.6 Å². The number of carbonyl (C=O) groups excluding carboxylic acids is 1. The number of rotatable bonds is 5. The molecule has 0 saturated carbocycles. The number of alkyl halides is 4. The van der Waals surface area contributed by atoms with Gasteiger partial charge in [0.1, 0.15) is 5.76 Å². The maximum Gasteiger partial charge on any atom is 0.340 e. The second-order valence-electron chi connectivity index (χ2n) is 3.02. The SMILES string of the molecule is O=C(/C=C/c1ccco1)OCC(F)(F)C(F)F. The number of furan rings is 1. The van der Waals surface area contributed by atoms with E-state index in [1.165, 1.54) is 18.4 Å². The van der Waals surface area contributed by atoms with Gasteiger partial charge < -0.3 is 9.15 Å². The first-order valence-electron chi connectivity index (χ1n) is 4.46. The molecule has 0 bridgehead atoms. The zero-order valence-electron chi connectivity index (χ0n) is 8.41. The summed E-state index contributed by atoms with van der Waals surface area (Å²) in [5.41, 5.74) is 0. The van der Waals surface area contributed by atoms with Gasteiger partial charge in [-0.2, -0.15) is 8.78 Å². The molecule has 0 unspecified atom stereocenters. The number of hydrogen-bond donors (Lipinski definition) is 0. The van der Waals surface area contributed by atoms with E-state index in [1.807, 2.05) is 0 Å². The lowest BCUT2D eigenvalue weighted by Gasteiger charge is -2.13. The Morgan fingerprint density at radius 1 is 1.53 bits per heavy atom. The van der Waals surface area contributed by atoms with Crippen molar-refractivity contribution in [3.63, 3.8) is 0 Å². The molecule has 0 atom stereocenters. The summed E-state index contributed by atoms with van der Waals surface area (Å²) in [5, 5.41) is 0. The zero-order valence-corrected chi connectivity index (χ0v) is 8.41. The van der Waals surface area contributed by atoms with Gasteiger partial charge in [-0.15, -0.1) is 0 Å². The summed E-state index contributed by atoms with van der Waals surface area (Å²) in [6, 6.07) is 3.06. The van der Waals surface area contributed by atoms with Gasteiger partial charge in [-0.3, -0.25) is 0 Å². The monoisotopic (exact) mass is 252 g/mol. The van der Waals surface area contributed by atoms with Crippen LogP contribution >= 0.6 is 0 Å². The van der Waals surface area contributed by atoms with Crippen molar-refractivity contribution in [2.24, 2.45) is 0 Å². The van der Waals surface area contributed by atoms with Crippen LogP contribution in [0.3, 0.4) is 0 Å². The third-order valence-corrected chi connectivity index (χ3v) is 1.65. The summed E-state index contributed by atoms with van der Waals surface area (Å²) < 4.78 is 56.9. The molecular formula is C10H8F4O3. The Morgan fingerprint density at radius 2 is 2.24 bits per heavy atom. The molecule has 0 fully saturated rings. The van der Waals surface area contributed by atoms with Gasteiger partial charge in [0.15, 0.2) is 6.61 Å². The van der Waals surface area contributed by atoms with Crippen molar-refractivity contribution < 1.29 is 31.5 Å². The van der Waals surface area contributed by atoms with E-state index in [0.717, 1.165) is 6.08 Å². The Hall–Kier alpha value is -1.79. The highest BCUT2D eigenvalue weighted by atomic mass is 19.3. The van der Waals surface area contributed by atoms with E-state index >= 15 is 0 Å². The number of halogens is 4. The molecule has 0 aliphatic carbocycles. The van der Waals surface area contributed by atoms with E-state index in [1.54, 1.807) is 6.07 Å². The van der Waals surface area contributed by atoms with Crippen LogP contribution in [0.4, 0.5) is 17.6 Å². The van der Waals surface area contributed by atoms with E-state index in [-0.39, 0.29) is 0 Å². The van der Waals surface area contributed by atoms with Crippen molar-refractivity contribution >= 4 is 12.0 Å². The van der Waals surface area contributed by atoms with E-state index in [2.05, 4.69) is 4.74 Å². The van der Waals surface area contributed by atoms with Crippen molar-refractivity contribution in [2.75, 3.05) is 6.61 Å². The van der Waals surface area contributed by atoms with Crippen molar-refractivity contribution in [1.82, 2.24) is 0 Å². The maximum atomic E-state index is 12.4. The van der Waals surface area contributed by atoms with Crippen LogP contribution in [0.5, 0.6) is 0 Å². The Morgan fingerprint density at radius 3 is 2.76 bits per heavy atom. The molecule has 0 radical (unpaired) electrons. The minimum Gasteiger partial charge on any atom is -0.465 e. The highest BCUT2D eigenvalue weighted by Gasteiger charge is 2.42. The molecule has 94 valence electrons. The molecule has 0 saturated heterocycles. The fourth-order valence-corrected chi connectivity index (χ4v) is 0.815. The predicted molar refractivity (Wildman–Crippen MR) is 49.7 cm³/mol. The second kappa shape index (κ2) is 5.51. The van der Waals surface area contributed by atoms with Crippen LogP contribution in [0.1, 0.15) is 5.76 Å². The lowest BCUT2D eigenvalue weighted by atomic mass is 10.4. The molecule has 0 aliphatic rings. The van der Waals surface area contributed by atoms with Crippen LogP contribution < -0.4 is 0 Å². The minimum atomic E-state index is -4.34. The molecule has 3 nitrogen and oxygen atoms in total. The number of hydrogen-bond acceptors (Lipinski definition) is 3. The lowest BCUT2D eigenvalue weighted by molar-refractivity contribution is -0.175. The maximum absolute atomic E-state index is 12.4. The van der Waals surface area contributed by atoms with Gasteiger partial charge >= 0.3 is 18.3 Å². The average Bonchev–Trinajstić information content (AvgIpc) is 2.76. The zero-order chi connectivity index (χ0) is 12.9. The van der Waals surface area contributed by atoms with Gasteiger partial charge in [0.05, 0.1) is 6.26 Å². The van der Waals surface area contributed by atoms with E-state index in [0.29, 0.717) is 5.76 Å². The summed E-state index contributed by atoms with van der Waals surface area (Å²) in [6.07, 6.45) is -0.552. The van der Waals surface area contributed by atoms with Crippen LogP contribution in [0.2, 0.25) is 0 Å². The largest absolute Gasteiger partial charge is 0.465 e. The normalized spacial score (nSPS) is 12.3. The highest BCUT2D eigenvalue weighted by molar-refractivity contribution is 5.86. The summed E-state index contributed by atoms with van der Waals surface area (Å²) in [7, 11) is 0. The molecule has 17 heavy (non-hydrogen) atoms. The van der Waals surface area contributed by atoms with Gasteiger partial charge in [0.25, 0.3) is 0 Å². The number of carbonyl (C=O) groups is 1. The highest BCUT2D eigenvalue weighted by Crippen LogP contribution is 2.22. The van der Waals surface area contributed by atoms with Gasteiger partial charge in [0, 0.05) is 6.08 Å². The topological polar surface area (TPSA) is 39.4 Å². The molecule has 1 aromatic heterocycles. The third-order valence-electron chi connectivity index (χ3n) is 1.65. The van der Waals surface area contributed by atoms with E-state index < -0.39 is 24.9 Å². The fraction of sp³-hybridized carbons (Fsp3) is 0.300. The first kappa shape index (κ1) is 13.3. The smallest absolute Gasteiger partial charge is 0.340 e. The predicted octanol–water partition coefficient (Wildman–Crippen LogP) is 2.74. The summed E-state index contributed by atoms with van der Waals surface area (Å²) in [6.45, 7) is -1.66. The van der Waals surface area contributed by atoms with Crippen molar-refractivity contribution in [1.29, 1.82) is 0 Å². The molecule has 0 spiro atoms. The van der Waals surface area contributed by atoms with Crippen LogP contribution in [-0.4, -0.2) is 24.9 Å². The Bertz CT molecular complexity index is 384.